The average molecular weight is 225 g/mol. The first-order valence-corrected chi connectivity index (χ1v) is 6.34. The quantitative estimate of drug-likeness (QED) is 0.781. The van der Waals surface area contributed by atoms with Crippen LogP contribution in [0.25, 0.3) is 0 Å². The van der Waals surface area contributed by atoms with Crippen LogP contribution in [-0.2, 0) is 9.53 Å². The highest BCUT2D eigenvalue weighted by molar-refractivity contribution is 5.84. The molecule has 0 unspecified atom stereocenters. The summed E-state index contributed by atoms with van der Waals surface area (Å²) in [6, 6.07) is 0.453. The molecule has 16 heavy (non-hydrogen) atoms. The highest BCUT2D eigenvalue weighted by Crippen LogP contribution is 2.47. The topological polar surface area (TPSA) is 38.3 Å². The molecule has 0 bridgehead atoms. The van der Waals surface area contributed by atoms with Gasteiger partial charge in [0.1, 0.15) is 0 Å². The number of nitrogens with one attached hydrogen (secondary N) is 1. The second-order valence-corrected chi connectivity index (χ2v) is 6.19. The lowest BCUT2D eigenvalue weighted by Gasteiger charge is -2.45. The molecule has 3 nitrogen and oxygen atoms in total. The Hall–Kier alpha value is -0.570. The van der Waals surface area contributed by atoms with E-state index in [1.165, 1.54) is 0 Å². The van der Waals surface area contributed by atoms with Crippen molar-refractivity contribution in [3.05, 3.63) is 0 Å². The highest BCUT2D eigenvalue weighted by Gasteiger charge is 2.49. The van der Waals surface area contributed by atoms with Crippen molar-refractivity contribution in [3.8, 4) is 0 Å². The minimum Gasteiger partial charge on any atom is -0.381 e. The molecule has 1 saturated heterocycles. The fourth-order valence-electron chi connectivity index (χ4n) is 2.59. The molecular formula is C13H23NO2. The Balaban J connectivity index is 2.14. The molecule has 1 aliphatic carbocycles. The van der Waals surface area contributed by atoms with Gasteiger partial charge in [0, 0.05) is 19.3 Å². The van der Waals surface area contributed by atoms with Gasteiger partial charge < -0.3 is 10.1 Å². The van der Waals surface area contributed by atoms with E-state index in [1.807, 2.05) is 0 Å². The molecule has 0 aromatic heterocycles. The van der Waals surface area contributed by atoms with Gasteiger partial charge in [-0.25, -0.2) is 0 Å². The first-order valence-electron chi connectivity index (χ1n) is 6.34. The largest absolute Gasteiger partial charge is 0.381 e. The number of hydrogen-bond donors (Lipinski definition) is 1. The average Bonchev–Trinajstić information content (AvgIpc) is 3.01. The van der Waals surface area contributed by atoms with Crippen LogP contribution in [-0.4, -0.2) is 25.2 Å². The summed E-state index contributed by atoms with van der Waals surface area (Å²) < 4.78 is 5.41. The van der Waals surface area contributed by atoms with Crippen molar-refractivity contribution in [1.29, 1.82) is 0 Å². The zero-order valence-electron chi connectivity index (χ0n) is 10.6. The Kier molecular flexibility index (Phi) is 2.99. The van der Waals surface area contributed by atoms with E-state index >= 15 is 0 Å². The van der Waals surface area contributed by atoms with Crippen molar-refractivity contribution in [2.45, 2.75) is 52.5 Å². The van der Waals surface area contributed by atoms with Crippen molar-refractivity contribution >= 4 is 5.91 Å². The molecule has 92 valence electrons. The Labute approximate surface area is 97.9 Å². The zero-order chi connectivity index (χ0) is 11.8. The van der Waals surface area contributed by atoms with Crippen molar-refractivity contribution in [1.82, 2.24) is 5.32 Å². The summed E-state index contributed by atoms with van der Waals surface area (Å²) in [6.45, 7) is 7.95. The van der Waals surface area contributed by atoms with Crippen LogP contribution in [0, 0.1) is 10.8 Å². The van der Waals surface area contributed by atoms with Gasteiger partial charge in [-0.05, 0) is 31.1 Å². The van der Waals surface area contributed by atoms with Crippen LogP contribution < -0.4 is 5.32 Å². The summed E-state index contributed by atoms with van der Waals surface area (Å²) in [5, 5.41) is 3.18. The highest BCUT2D eigenvalue weighted by atomic mass is 16.5. The predicted octanol–water partition coefficient (Wildman–Crippen LogP) is 2.11. The van der Waals surface area contributed by atoms with Gasteiger partial charge in [-0.3, -0.25) is 4.79 Å². The predicted molar refractivity (Wildman–Crippen MR) is 63.1 cm³/mol. The molecule has 1 aliphatic heterocycles. The smallest absolute Gasteiger partial charge is 0.227 e. The van der Waals surface area contributed by atoms with Gasteiger partial charge in [0.05, 0.1) is 5.41 Å². The van der Waals surface area contributed by atoms with Crippen LogP contribution >= 0.6 is 0 Å². The second-order valence-electron chi connectivity index (χ2n) is 6.19. The third-order valence-corrected chi connectivity index (χ3v) is 4.13. The maximum Gasteiger partial charge on any atom is 0.227 e. The van der Waals surface area contributed by atoms with E-state index in [-0.39, 0.29) is 16.7 Å². The Morgan fingerprint density at radius 2 is 1.81 bits per heavy atom. The second kappa shape index (κ2) is 4.02. The molecule has 0 atom stereocenters. The lowest BCUT2D eigenvalue weighted by molar-refractivity contribution is -0.146. The minimum absolute atomic E-state index is 0.00968. The Morgan fingerprint density at radius 3 is 2.25 bits per heavy atom. The van der Waals surface area contributed by atoms with Gasteiger partial charge in [0.25, 0.3) is 0 Å². The molecule has 3 heteroatoms. The molecular weight excluding hydrogens is 202 g/mol. The zero-order valence-corrected chi connectivity index (χ0v) is 10.6. The van der Waals surface area contributed by atoms with Crippen LogP contribution in [0.15, 0.2) is 0 Å². The van der Waals surface area contributed by atoms with E-state index < -0.39 is 0 Å². The van der Waals surface area contributed by atoms with E-state index in [4.69, 9.17) is 4.74 Å². The molecule has 0 spiro atoms. The fourth-order valence-corrected chi connectivity index (χ4v) is 2.59. The minimum atomic E-state index is -0.228. The number of carbonyl (C=O) groups excluding carboxylic acids is 1. The van der Waals surface area contributed by atoms with Gasteiger partial charge >= 0.3 is 0 Å². The monoisotopic (exact) mass is 225 g/mol. The van der Waals surface area contributed by atoms with Gasteiger partial charge in [-0.2, -0.15) is 0 Å². The van der Waals surface area contributed by atoms with Crippen molar-refractivity contribution in [2.24, 2.45) is 10.8 Å². The maximum atomic E-state index is 12.5. The number of carbonyl (C=O) groups is 1. The Bertz CT molecular complexity index is 270. The van der Waals surface area contributed by atoms with Crippen LogP contribution in [0.5, 0.6) is 0 Å². The van der Waals surface area contributed by atoms with E-state index in [2.05, 4.69) is 26.1 Å². The van der Waals surface area contributed by atoms with E-state index in [9.17, 15) is 4.79 Å². The van der Waals surface area contributed by atoms with Crippen LogP contribution in [0.4, 0.5) is 0 Å². The number of rotatable bonds is 2. The summed E-state index contributed by atoms with van der Waals surface area (Å²) in [7, 11) is 0. The molecule has 1 saturated carbocycles. The summed E-state index contributed by atoms with van der Waals surface area (Å²) in [5.74, 6) is 0.255. The van der Waals surface area contributed by atoms with Crippen molar-refractivity contribution in [3.63, 3.8) is 0 Å². The molecule has 0 radical (unpaired) electrons. The van der Waals surface area contributed by atoms with E-state index in [0.717, 1.165) is 38.9 Å². The van der Waals surface area contributed by atoms with Crippen molar-refractivity contribution < 1.29 is 9.53 Å². The SMILES string of the molecule is CC(C)(C)C1(C(=O)NC2CC2)CCOCC1. The number of amides is 1. The molecule has 1 amide bonds. The summed E-state index contributed by atoms with van der Waals surface area (Å²) in [4.78, 5) is 12.5. The summed E-state index contributed by atoms with van der Waals surface area (Å²) in [6.07, 6.45) is 4.02. The molecule has 2 fully saturated rings. The first kappa shape index (κ1) is 11.9. The fraction of sp³-hybridized carbons (Fsp3) is 0.923. The normalized spacial score (nSPS) is 25.2. The molecule has 2 rings (SSSR count). The van der Waals surface area contributed by atoms with Crippen LogP contribution in [0.1, 0.15) is 46.5 Å². The molecule has 2 aliphatic rings. The molecule has 1 heterocycles. The number of hydrogen-bond acceptors (Lipinski definition) is 2. The molecule has 1 N–H and O–H groups in total. The van der Waals surface area contributed by atoms with E-state index in [1.54, 1.807) is 0 Å². The molecule has 0 aromatic rings. The van der Waals surface area contributed by atoms with E-state index in [0.29, 0.717) is 6.04 Å². The summed E-state index contributed by atoms with van der Waals surface area (Å²) in [5.41, 5.74) is -0.219. The third-order valence-electron chi connectivity index (χ3n) is 4.13. The van der Waals surface area contributed by atoms with Gasteiger partial charge in [0.2, 0.25) is 5.91 Å². The first-order chi connectivity index (χ1) is 7.46. The van der Waals surface area contributed by atoms with Crippen molar-refractivity contribution in [2.75, 3.05) is 13.2 Å². The van der Waals surface area contributed by atoms with Gasteiger partial charge in [-0.1, -0.05) is 20.8 Å². The lowest BCUT2D eigenvalue weighted by Crippen LogP contribution is -2.52. The maximum absolute atomic E-state index is 12.5. The number of ether oxygens (including phenoxy) is 1. The van der Waals surface area contributed by atoms with Crippen LogP contribution in [0.2, 0.25) is 0 Å². The summed E-state index contributed by atoms with van der Waals surface area (Å²) >= 11 is 0. The Morgan fingerprint density at radius 1 is 1.25 bits per heavy atom. The third kappa shape index (κ3) is 2.10. The standard InChI is InChI=1S/C13H23NO2/c1-12(2,3)13(6-8-16-9-7-13)11(15)14-10-4-5-10/h10H,4-9H2,1-3H3,(H,14,15). The van der Waals surface area contributed by atoms with Gasteiger partial charge in [0.15, 0.2) is 0 Å². The molecule has 0 aromatic carbocycles. The van der Waals surface area contributed by atoms with Gasteiger partial charge in [-0.15, -0.1) is 0 Å². The van der Waals surface area contributed by atoms with Crippen LogP contribution in [0.3, 0.4) is 0 Å². The lowest BCUT2D eigenvalue weighted by atomic mass is 9.61.